The largest absolute Gasteiger partial charge is 0.372 e. The number of nitrogens with one attached hydrogen (secondary N) is 2. The molecule has 0 radical (unpaired) electrons. The molecule has 0 heterocycles. The molecule has 0 saturated heterocycles. The van der Waals surface area contributed by atoms with Gasteiger partial charge in [0.15, 0.2) is 0 Å². The van der Waals surface area contributed by atoms with Crippen LogP contribution in [0.3, 0.4) is 0 Å². The number of anilines is 2. The average Bonchev–Trinajstić information content (AvgIpc) is 2.64. The van der Waals surface area contributed by atoms with Crippen LogP contribution in [0, 0.1) is 12.7 Å². The van der Waals surface area contributed by atoms with E-state index in [-0.39, 0.29) is 10.5 Å². The molecule has 8 heteroatoms. The zero-order valence-electron chi connectivity index (χ0n) is 15.6. The summed E-state index contributed by atoms with van der Waals surface area (Å²) in [6.07, 6.45) is 0. The zero-order chi connectivity index (χ0) is 20.0. The van der Waals surface area contributed by atoms with E-state index in [1.165, 1.54) is 13.0 Å². The number of benzene rings is 2. The third-order valence-corrected chi connectivity index (χ3v) is 5.54. The molecule has 0 unspecified atom stereocenters. The first-order valence-electron chi connectivity index (χ1n) is 8.67. The van der Waals surface area contributed by atoms with Gasteiger partial charge in [0.25, 0.3) is 0 Å². The molecule has 0 bridgehead atoms. The highest BCUT2D eigenvalue weighted by Crippen LogP contribution is 2.18. The van der Waals surface area contributed by atoms with Crippen LogP contribution in [-0.4, -0.2) is 34.0 Å². The smallest absolute Gasteiger partial charge is 0.241 e. The molecule has 146 valence electrons. The highest BCUT2D eigenvalue weighted by molar-refractivity contribution is 7.89. The SMILES string of the molecule is CCN(CC)c1ccc(NC(=O)CNS(=O)(=O)c2ccc(F)c(C)c2)cc1. The van der Waals surface area contributed by atoms with E-state index < -0.39 is 28.3 Å². The molecule has 27 heavy (non-hydrogen) atoms. The van der Waals surface area contributed by atoms with Gasteiger partial charge in [-0.15, -0.1) is 0 Å². The van der Waals surface area contributed by atoms with Gasteiger partial charge in [-0.1, -0.05) is 0 Å². The van der Waals surface area contributed by atoms with E-state index in [1.807, 2.05) is 12.1 Å². The highest BCUT2D eigenvalue weighted by Gasteiger charge is 2.16. The van der Waals surface area contributed by atoms with Crippen molar-refractivity contribution in [3.8, 4) is 0 Å². The summed E-state index contributed by atoms with van der Waals surface area (Å²) < 4.78 is 39.9. The normalized spacial score (nSPS) is 11.3. The predicted octanol–water partition coefficient (Wildman–Crippen LogP) is 2.90. The number of nitrogens with zero attached hydrogens (tertiary/aromatic N) is 1. The Morgan fingerprint density at radius 3 is 2.26 bits per heavy atom. The second-order valence-electron chi connectivity index (χ2n) is 6.00. The Morgan fingerprint density at radius 1 is 1.07 bits per heavy atom. The van der Waals surface area contributed by atoms with Crippen molar-refractivity contribution in [3.63, 3.8) is 0 Å². The summed E-state index contributed by atoms with van der Waals surface area (Å²) >= 11 is 0. The number of rotatable bonds is 8. The highest BCUT2D eigenvalue weighted by atomic mass is 32.2. The number of hydrogen-bond donors (Lipinski definition) is 2. The number of halogens is 1. The van der Waals surface area contributed by atoms with Crippen LogP contribution in [0.1, 0.15) is 19.4 Å². The van der Waals surface area contributed by atoms with E-state index in [1.54, 1.807) is 12.1 Å². The first kappa shape index (κ1) is 20.9. The van der Waals surface area contributed by atoms with Gasteiger partial charge >= 0.3 is 0 Å². The van der Waals surface area contributed by atoms with Crippen molar-refractivity contribution in [3.05, 3.63) is 53.8 Å². The number of aryl methyl sites for hydroxylation is 1. The fourth-order valence-electron chi connectivity index (χ4n) is 2.58. The lowest BCUT2D eigenvalue weighted by atomic mass is 10.2. The maximum Gasteiger partial charge on any atom is 0.241 e. The van der Waals surface area contributed by atoms with Gasteiger partial charge in [-0.3, -0.25) is 4.79 Å². The van der Waals surface area contributed by atoms with Crippen LogP contribution < -0.4 is 14.9 Å². The fourth-order valence-corrected chi connectivity index (χ4v) is 3.64. The molecule has 0 spiro atoms. The summed E-state index contributed by atoms with van der Waals surface area (Å²) in [5.41, 5.74) is 1.84. The van der Waals surface area contributed by atoms with E-state index in [0.717, 1.165) is 30.9 Å². The first-order valence-corrected chi connectivity index (χ1v) is 10.2. The average molecular weight is 393 g/mol. The van der Waals surface area contributed by atoms with Crippen molar-refractivity contribution >= 4 is 27.3 Å². The van der Waals surface area contributed by atoms with E-state index in [0.29, 0.717) is 5.69 Å². The van der Waals surface area contributed by atoms with Crippen LogP contribution in [0.4, 0.5) is 15.8 Å². The van der Waals surface area contributed by atoms with Gasteiger partial charge in [-0.05, 0) is 68.8 Å². The third kappa shape index (κ3) is 5.51. The van der Waals surface area contributed by atoms with E-state index >= 15 is 0 Å². The van der Waals surface area contributed by atoms with Crippen LogP contribution in [0.15, 0.2) is 47.4 Å². The standard InChI is InChI=1S/C19H24FN3O3S/c1-4-23(5-2)16-8-6-15(7-9-16)22-19(24)13-21-27(25,26)17-10-11-18(20)14(3)12-17/h6-12,21H,4-5,13H2,1-3H3,(H,22,24). The van der Waals surface area contributed by atoms with Crippen LogP contribution in [-0.2, 0) is 14.8 Å². The predicted molar refractivity (Wildman–Crippen MR) is 105 cm³/mol. The number of carbonyl (C=O) groups is 1. The van der Waals surface area contributed by atoms with Crippen molar-refractivity contribution < 1.29 is 17.6 Å². The molecule has 2 N–H and O–H groups in total. The fraction of sp³-hybridized carbons (Fsp3) is 0.316. The van der Waals surface area contributed by atoms with Gasteiger partial charge in [0.2, 0.25) is 15.9 Å². The van der Waals surface area contributed by atoms with Gasteiger partial charge in [0, 0.05) is 24.5 Å². The van der Waals surface area contributed by atoms with Crippen molar-refractivity contribution in [2.24, 2.45) is 0 Å². The number of sulfonamides is 1. The van der Waals surface area contributed by atoms with Gasteiger partial charge in [0.05, 0.1) is 11.4 Å². The molecule has 2 rings (SSSR count). The van der Waals surface area contributed by atoms with Gasteiger partial charge in [-0.2, -0.15) is 0 Å². The molecule has 1 amide bonds. The van der Waals surface area contributed by atoms with Crippen LogP contribution in [0.25, 0.3) is 0 Å². The van der Waals surface area contributed by atoms with E-state index in [2.05, 4.69) is 28.8 Å². The summed E-state index contributed by atoms with van der Waals surface area (Å²) in [5, 5.41) is 2.64. The molecular weight excluding hydrogens is 369 g/mol. The molecule has 0 aromatic heterocycles. The Kier molecular flexibility index (Phi) is 6.92. The molecular formula is C19H24FN3O3S. The molecule has 0 aliphatic carbocycles. The van der Waals surface area contributed by atoms with Crippen molar-refractivity contribution in [1.29, 1.82) is 0 Å². The van der Waals surface area contributed by atoms with E-state index in [4.69, 9.17) is 0 Å². The van der Waals surface area contributed by atoms with Crippen LogP contribution in [0.2, 0.25) is 0 Å². The Labute approximate surface area is 159 Å². The Balaban J connectivity index is 1.96. The summed E-state index contributed by atoms with van der Waals surface area (Å²) in [6, 6.07) is 10.8. The lowest BCUT2D eigenvalue weighted by Gasteiger charge is -2.21. The molecule has 0 aliphatic heterocycles. The second kappa shape index (κ2) is 8.96. The molecule has 2 aromatic rings. The molecule has 0 atom stereocenters. The Morgan fingerprint density at radius 2 is 1.70 bits per heavy atom. The first-order chi connectivity index (χ1) is 12.8. The zero-order valence-corrected chi connectivity index (χ0v) is 16.4. The number of hydrogen-bond acceptors (Lipinski definition) is 4. The summed E-state index contributed by atoms with van der Waals surface area (Å²) in [4.78, 5) is 14.1. The minimum Gasteiger partial charge on any atom is -0.372 e. The number of amides is 1. The summed E-state index contributed by atoms with van der Waals surface area (Å²) in [5.74, 6) is -0.979. The third-order valence-electron chi connectivity index (χ3n) is 4.14. The van der Waals surface area contributed by atoms with Crippen molar-refractivity contribution in [2.45, 2.75) is 25.7 Å². The molecule has 0 saturated carbocycles. The minimum atomic E-state index is -3.90. The van der Waals surface area contributed by atoms with E-state index in [9.17, 15) is 17.6 Å². The topological polar surface area (TPSA) is 78.5 Å². The maximum absolute atomic E-state index is 13.3. The lowest BCUT2D eigenvalue weighted by Crippen LogP contribution is -2.33. The molecule has 6 nitrogen and oxygen atoms in total. The number of carbonyl (C=O) groups excluding carboxylic acids is 1. The van der Waals surface area contributed by atoms with Gasteiger partial charge in [-0.25, -0.2) is 17.5 Å². The van der Waals surface area contributed by atoms with Crippen LogP contribution in [0.5, 0.6) is 0 Å². The Bertz CT molecular complexity index is 895. The van der Waals surface area contributed by atoms with Gasteiger partial charge in [0.1, 0.15) is 5.82 Å². The Hall–Kier alpha value is -2.45. The van der Waals surface area contributed by atoms with Crippen LogP contribution >= 0.6 is 0 Å². The minimum absolute atomic E-state index is 0.0854. The van der Waals surface area contributed by atoms with Gasteiger partial charge < -0.3 is 10.2 Å². The molecule has 0 aliphatic rings. The quantitative estimate of drug-likeness (QED) is 0.723. The van der Waals surface area contributed by atoms with Crippen molar-refractivity contribution in [2.75, 3.05) is 29.9 Å². The molecule has 2 aromatic carbocycles. The second-order valence-corrected chi connectivity index (χ2v) is 7.77. The lowest BCUT2D eigenvalue weighted by molar-refractivity contribution is -0.115. The monoisotopic (exact) mass is 393 g/mol. The summed E-state index contributed by atoms with van der Waals surface area (Å²) in [7, 11) is -3.90. The summed E-state index contributed by atoms with van der Waals surface area (Å²) in [6.45, 7) is 6.95. The maximum atomic E-state index is 13.3. The molecule has 0 fully saturated rings. The van der Waals surface area contributed by atoms with Crippen molar-refractivity contribution in [1.82, 2.24) is 4.72 Å².